The average Bonchev–Trinajstić information content (AvgIpc) is 2.67. The zero-order chi connectivity index (χ0) is 20.3. The number of fused-ring (bicyclic) bond motifs is 1. The van der Waals surface area contributed by atoms with Gasteiger partial charge in [-0.3, -0.25) is 4.79 Å². The first-order chi connectivity index (χ1) is 13.3. The van der Waals surface area contributed by atoms with Crippen LogP contribution in [0.4, 0.5) is 5.69 Å². The van der Waals surface area contributed by atoms with Crippen LogP contribution in [-0.2, 0) is 14.8 Å². The fourth-order valence-electron chi connectivity index (χ4n) is 2.74. The molecule has 0 fully saturated rings. The van der Waals surface area contributed by atoms with Gasteiger partial charge in [0.15, 0.2) is 11.5 Å². The Morgan fingerprint density at radius 2 is 1.82 bits per heavy atom. The maximum absolute atomic E-state index is 12.6. The van der Waals surface area contributed by atoms with E-state index in [2.05, 4.69) is 10.0 Å². The molecule has 1 atom stereocenters. The van der Waals surface area contributed by atoms with Crippen molar-refractivity contribution in [3.63, 3.8) is 0 Å². The molecule has 2 aromatic rings. The topological polar surface area (TPSA) is 103 Å². The molecular formula is C19H22N2O6S. The molecule has 150 valence electrons. The van der Waals surface area contributed by atoms with Crippen molar-refractivity contribution in [3.05, 3.63) is 42.0 Å². The number of amides is 1. The Balaban J connectivity index is 1.68. The van der Waals surface area contributed by atoms with Crippen LogP contribution in [0.1, 0.15) is 12.5 Å². The van der Waals surface area contributed by atoms with Crippen LogP contribution < -0.4 is 24.2 Å². The van der Waals surface area contributed by atoms with Crippen molar-refractivity contribution in [3.8, 4) is 17.2 Å². The fraction of sp³-hybridized carbons (Fsp3) is 0.316. The van der Waals surface area contributed by atoms with Crippen molar-refractivity contribution in [1.82, 2.24) is 4.72 Å². The molecule has 0 saturated heterocycles. The van der Waals surface area contributed by atoms with Crippen LogP contribution in [0.15, 0.2) is 41.3 Å². The zero-order valence-corrected chi connectivity index (χ0v) is 16.6. The minimum Gasteiger partial charge on any atom is -0.496 e. The number of anilines is 1. The number of aryl methyl sites for hydroxylation is 1. The third-order valence-electron chi connectivity index (χ3n) is 4.21. The van der Waals surface area contributed by atoms with Crippen molar-refractivity contribution < 1.29 is 27.4 Å². The maximum Gasteiger partial charge on any atom is 0.242 e. The number of rotatable bonds is 6. The number of methoxy groups -OCH3 is 1. The number of carbonyl (C=O) groups is 1. The molecule has 8 nitrogen and oxygen atoms in total. The molecule has 28 heavy (non-hydrogen) atoms. The van der Waals surface area contributed by atoms with E-state index in [4.69, 9.17) is 14.2 Å². The van der Waals surface area contributed by atoms with Crippen LogP contribution in [-0.4, -0.2) is 40.7 Å². The number of hydrogen-bond donors (Lipinski definition) is 2. The highest BCUT2D eigenvalue weighted by atomic mass is 32.2. The fourth-order valence-corrected chi connectivity index (χ4v) is 4.03. The van der Waals surface area contributed by atoms with Gasteiger partial charge in [0.2, 0.25) is 15.9 Å². The van der Waals surface area contributed by atoms with Crippen LogP contribution in [0.5, 0.6) is 17.2 Å². The van der Waals surface area contributed by atoms with Crippen LogP contribution in [0, 0.1) is 6.92 Å². The Kier molecular flexibility index (Phi) is 5.76. The highest BCUT2D eigenvalue weighted by Gasteiger charge is 2.23. The van der Waals surface area contributed by atoms with Gasteiger partial charge >= 0.3 is 0 Å². The predicted octanol–water partition coefficient (Wildman–Crippen LogP) is 2.08. The van der Waals surface area contributed by atoms with Crippen LogP contribution >= 0.6 is 0 Å². The number of carbonyl (C=O) groups excluding carboxylic acids is 1. The second kappa shape index (κ2) is 8.07. The van der Waals surface area contributed by atoms with Crippen LogP contribution in [0.3, 0.4) is 0 Å². The van der Waals surface area contributed by atoms with E-state index in [1.54, 1.807) is 31.2 Å². The maximum atomic E-state index is 12.6. The van der Waals surface area contributed by atoms with Gasteiger partial charge in [-0.1, -0.05) is 0 Å². The lowest BCUT2D eigenvalue weighted by atomic mass is 10.2. The van der Waals surface area contributed by atoms with E-state index < -0.39 is 22.0 Å². The Morgan fingerprint density at radius 3 is 2.50 bits per heavy atom. The smallest absolute Gasteiger partial charge is 0.242 e. The number of ether oxygens (including phenoxy) is 3. The minimum absolute atomic E-state index is 0.0600. The first-order valence-electron chi connectivity index (χ1n) is 8.67. The highest BCUT2D eigenvalue weighted by Crippen LogP contribution is 2.32. The van der Waals surface area contributed by atoms with Gasteiger partial charge in [-0.25, -0.2) is 8.42 Å². The van der Waals surface area contributed by atoms with Crippen molar-refractivity contribution in [2.45, 2.75) is 24.8 Å². The van der Waals surface area contributed by atoms with Gasteiger partial charge < -0.3 is 19.5 Å². The molecular weight excluding hydrogens is 384 g/mol. The molecule has 3 rings (SSSR count). The van der Waals surface area contributed by atoms with Crippen LogP contribution in [0.25, 0.3) is 0 Å². The second-order valence-corrected chi connectivity index (χ2v) is 8.04. The van der Waals surface area contributed by atoms with E-state index in [9.17, 15) is 13.2 Å². The Labute approximate surface area is 163 Å². The molecule has 0 radical (unpaired) electrons. The SMILES string of the molecule is COc1ccc(S(=O)(=O)N[C@H](C)C(=O)Nc2ccc3c(c2)OCCO3)cc1C. The van der Waals surface area contributed by atoms with E-state index in [0.29, 0.717) is 41.7 Å². The van der Waals surface area contributed by atoms with Crippen molar-refractivity contribution >= 4 is 21.6 Å². The number of nitrogens with one attached hydrogen (secondary N) is 2. The quantitative estimate of drug-likeness (QED) is 0.761. The molecule has 0 saturated carbocycles. The predicted molar refractivity (Wildman–Crippen MR) is 104 cm³/mol. The summed E-state index contributed by atoms with van der Waals surface area (Å²) in [5.41, 5.74) is 1.17. The molecule has 1 aliphatic rings. The van der Waals surface area contributed by atoms with Crippen molar-refractivity contribution in [2.75, 3.05) is 25.6 Å². The van der Waals surface area contributed by atoms with E-state index >= 15 is 0 Å². The molecule has 9 heteroatoms. The average molecular weight is 406 g/mol. The molecule has 2 N–H and O–H groups in total. The van der Waals surface area contributed by atoms with Gasteiger partial charge in [-0.15, -0.1) is 0 Å². The Morgan fingerprint density at radius 1 is 1.11 bits per heavy atom. The molecule has 1 aliphatic heterocycles. The van der Waals surface area contributed by atoms with Gasteiger partial charge in [-0.05, 0) is 49.7 Å². The third-order valence-corrected chi connectivity index (χ3v) is 5.75. The summed E-state index contributed by atoms with van der Waals surface area (Å²) in [6.45, 7) is 4.13. The summed E-state index contributed by atoms with van der Waals surface area (Å²) in [6, 6.07) is 8.51. The Hall–Kier alpha value is -2.78. The zero-order valence-electron chi connectivity index (χ0n) is 15.8. The minimum atomic E-state index is -3.87. The summed E-state index contributed by atoms with van der Waals surface area (Å²) in [6.07, 6.45) is 0. The lowest BCUT2D eigenvalue weighted by molar-refractivity contribution is -0.117. The molecule has 2 aromatic carbocycles. The van der Waals surface area contributed by atoms with E-state index in [0.717, 1.165) is 0 Å². The summed E-state index contributed by atoms with van der Waals surface area (Å²) in [7, 11) is -2.36. The largest absolute Gasteiger partial charge is 0.496 e. The van der Waals surface area contributed by atoms with E-state index in [1.807, 2.05) is 0 Å². The lowest BCUT2D eigenvalue weighted by Gasteiger charge is -2.20. The summed E-state index contributed by atoms with van der Waals surface area (Å²) >= 11 is 0. The molecule has 0 unspecified atom stereocenters. The molecule has 1 amide bonds. The first kappa shape index (κ1) is 20.0. The highest BCUT2D eigenvalue weighted by molar-refractivity contribution is 7.89. The first-order valence-corrected chi connectivity index (χ1v) is 10.2. The lowest BCUT2D eigenvalue weighted by Crippen LogP contribution is -2.41. The molecule has 0 spiro atoms. The molecule has 0 bridgehead atoms. The van der Waals surface area contributed by atoms with Crippen molar-refractivity contribution in [2.24, 2.45) is 0 Å². The monoisotopic (exact) mass is 406 g/mol. The van der Waals surface area contributed by atoms with Gasteiger partial charge in [0.05, 0.1) is 18.0 Å². The normalized spacial score (nSPS) is 14.2. The van der Waals surface area contributed by atoms with E-state index in [-0.39, 0.29) is 4.90 Å². The summed E-state index contributed by atoms with van der Waals surface area (Å²) in [5, 5.41) is 2.67. The number of hydrogen-bond acceptors (Lipinski definition) is 6. The summed E-state index contributed by atoms with van der Waals surface area (Å²) in [4.78, 5) is 12.5. The van der Waals surface area contributed by atoms with Crippen LogP contribution in [0.2, 0.25) is 0 Å². The van der Waals surface area contributed by atoms with Gasteiger partial charge in [0.25, 0.3) is 0 Å². The standard InChI is InChI=1S/C19H22N2O6S/c1-12-10-15(5-7-16(12)25-3)28(23,24)21-13(2)19(22)20-14-4-6-17-18(11-14)27-9-8-26-17/h4-7,10-11,13,21H,8-9H2,1-3H3,(H,20,22)/t13-/m1/s1. The molecule has 0 aliphatic carbocycles. The van der Waals surface area contributed by atoms with Gasteiger partial charge in [0, 0.05) is 11.8 Å². The second-order valence-electron chi connectivity index (χ2n) is 6.32. The number of benzene rings is 2. The summed E-state index contributed by atoms with van der Waals surface area (Å²) in [5.74, 6) is 1.23. The summed E-state index contributed by atoms with van der Waals surface area (Å²) < 4.78 is 43.6. The third kappa shape index (κ3) is 4.37. The van der Waals surface area contributed by atoms with E-state index in [1.165, 1.54) is 26.2 Å². The van der Waals surface area contributed by atoms with Gasteiger partial charge in [0.1, 0.15) is 19.0 Å². The Bertz CT molecular complexity index is 990. The van der Waals surface area contributed by atoms with Gasteiger partial charge in [-0.2, -0.15) is 4.72 Å². The number of sulfonamides is 1. The van der Waals surface area contributed by atoms with Crippen molar-refractivity contribution in [1.29, 1.82) is 0 Å². The molecule has 0 aromatic heterocycles. The molecule has 1 heterocycles.